The average molecular weight is 320 g/mol. The maximum Gasteiger partial charge on any atom is 0.256 e. The van der Waals surface area contributed by atoms with Gasteiger partial charge in [-0.15, -0.1) is 0 Å². The third-order valence-electron chi connectivity index (χ3n) is 4.22. The van der Waals surface area contributed by atoms with Crippen LogP contribution in [0.15, 0.2) is 42.7 Å². The zero-order chi connectivity index (χ0) is 16.7. The Balaban J connectivity index is 1.63. The first kappa shape index (κ1) is 14.5. The van der Waals surface area contributed by atoms with Crippen LogP contribution in [0.1, 0.15) is 21.5 Å². The highest BCUT2D eigenvalue weighted by molar-refractivity contribution is 5.99. The lowest BCUT2D eigenvalue weighted by molar-refractivity contribution is 0.0974. The van der Waals surface area contributed by atoms with Crippen LogP contribution < -0.4 is 9.47 Å². The van der Waals surface area contributed by atoms with Crippen LogP contribution in [0.3, 0.4) is 0 Å². The molecule has 0 bridgehead atoms. The van der Waals surface area contributed by atoms with Gasteiger partial charge >= 0.3 is 0 Å². The number of nitrogens with zero attached hydrogens (tertiary/aromatic N) is 2. The van der Waals surface area contributed by atoms with Crippen molar-refractivity contribution in [3.63, 3.8) is 0 Å². The minimum absolute atomic E-state index is 0.140. The number of fused-ring (bicyclic) bond motifs is 2. The lowest BCUT2D eigenvalue weighted by Crippen LogP contribution is -2.05. The summed E-state index contributed by atoms with van der Waals surface area (Å²) in [6.45, 7) is 4.30. The molecule has 0 unspecified atom stereocenters. The Morgan fingerprint density at radius 3 is 2.79 bits per heavy atom. The Hall–Kier alpha value is -3.08. The van der Waals surface area contributed by atoms with Gasteiger partial charge in [0.2, 0.25) is 6.79 Å². The van der Waals surface area contributed by atoms with Gasteiger partial charge < -0.3 is 9.47 Å². The Morgan fingerprint density at radius 1 is 1.12 bits per heavy atom. The maximum atomic E-state index is 12.5. The smallest absolute Gasteiger partial charge is 0.256 e. The Morgan fingerprint density at radius 2 is 1.92 bits per heavy atom. The summed E-state index contributed by atoms with van der Waals surface area (Å²) in [6.07, 6.45) is 4.86. The van der Waals surface area contributed by atoms with Crippen molar-refractivity contribution in [1.82, 2.24) is 9.55 Å². The molecule has 0 fully saturated rings. The van der Waals surface area contributed by atoms with E-state index in [9.17, 15) is 4.79 Å². The molecule has 5 heteroatoms. The number of aromatic nitrogens is 2. The summed E-state index contributed by atoms with van der Waals surface area (Å²) in [5.74, 6) is 1.28. The van der Waals surface area contributed by atoms with E-state index in [1.807, 2.05) is 44.2 Å². The minimum Gasteiger partial charge on any atom is -0.454 e. The van der Waals surface area contributed by atoms with Gasteiger partial charge in [0.15, 0.2) is 11.5 Å². The molecular formula is C19H16N2O3. The van der Waals surface area contributed by atoms with Crippen molar-refractivity contribution in [1.29, 1.82) is 0 Å². The summed E-state index contributed by atoms with van der Waals surface area (Å²) < 4.78 is 12.2. The number of imidazole rings is 1. The summed E-state index contributed by atoms with van der Waals surface area (Å²) >= 11 is 0. The van der Waals surface area contributed by atoms with Crippen LogP contribution in [-0.4, -0.2) is 22.3 Å². The highest BCUT2D eigenvalue weighted by atomic mass is 16.7. The molecule has 1 aliphatic heterocycles. The molecule has 0 amide bonds. The molecule has 4 rings (SSSR count). The second kappa shape index (κ2) is 5.53. The van der Waals surface area contributed by atoms with Crippen LogP contribution in [0.2, 0.25) is 0 Å². The molecule has 0 aliphatic carbocycles. The normalized spacial score (nSPS) is 13.1. The van der Waals surface area contributed by atoms with Crippen molar-refractivity contribution in [3.05, 3.63) is 59.4 Å². The molecule has 1 aliphatic rings. The molecule has 24 heavy (non-hydrogen) atoms. The standard InChI is InChI=1S/C19H16N2O3/c1-12-7-15-16(8-13(12)2)21(10-20-15)19(22)6-4-14-3-5-17-18(9-14)24-11-23-17/h3-10H,11H2,1-2H3. The summed E-state index contributed by atoms with van der Waals surface area (Å²) in [6, 6.07) is 9.56. The molecule has 1 aromatic heterocycles. The fourth-order valence-electron chi connectivity index (χ4n) is 2.70. The molecule has 0 spiro atoms. The maximum absolute atomic E-state index is 12.5. The van der Waals surface area contributed by atoms with Crippen LogP contribution in [0.5, 0.6) is 11.5 Å². The van der Waals surface area contributed by atoms with Gasteiger partial charge in [-0.05, 0) is 60.9 Å². The molecule has 120 valence electrons. The lowest BCUT2D eigenvalue weighted by Gasteiger charge is -2.02. The molecule has 2 heterocycles. The first-order valence-corrected chi connectivity index (χ1v) is 7.68. The molecule has 0 N–H and O–H groups in total. The highest BCUT2D eigenvalue weighted by Gasteiger charge is 2.13. The van der Waals surface area contributed by atoms with Gasteiger partial charge in [-0.25, -0.2) is 4.98 Å². The summed E-state index contributed by atoms with van der Waals surface area (Å²) in [5.41, 5.74) is 4.82. The van der Waals surface area contributed by atoms with Gasteiger partial charge in [-0.2, -0.15) is 0 Å². The quantitative estimate of drug-likeness (QED) is 0.675. The third kappa shape index (κ3) is 2.44. The molecule has 0 radical (unpaired) electrons. The largest absolute Gasteiger partial charge is 0.454 e. The number of benzene rings is 2. The number of hydrogen-bond acceptors (Lipinski definition) is 4. The first-order chi connectivity index (χ1) is 11.6. The fourth-order valence-corrected chi connectivity index (χ4v) is 2.70. The number of ether oxygens (including phenoxy) is 2. The summed E-state index contributed by atoms with van der Waals surface area (Å²) in [7, 11) is 0. The molecule has 2 aromatic carbocycles. The summed E-state index contributed by atoms with van der Waals surface area (Å²) in [5, 5.41) is 0. The molecule has 5 nitrogen and oxygen atoms in total. The Bertz CT molecular complexity index is 986. The zero-order valence-electron chi connectivity index (χ0n) is 13.4. The van der Waals surface area contributed by atoms with Crippen LogP contribution in [0.4, 0.5) is 0 Å². The number of carbonyl (C=O) groups excluding carboxylic acids is 1. The predicted octanol–water partition coefficient (Wildman–Crippen LogP) is 3.74. The van der Waals surface area contributed by atoms with Crippen LogP contribution in [0.25, 0.3) is 17.1 Å². The number of hydrogen-bond donors (Lipinski definition) is 0. The van der Waals surface area contributed by atoms with Gasteiger partial charge in [-0.3, -0.25) is 9.36 Å². The average Bonchev–Trinajstić information content (AvgIpc) is 3.19. The molecule has 0 atom stereocenters. The predicted molar refractivity (Wildman–Crippen MR) is 91.4 cm³/mol. The van der Waals surface area contributed by atoms with E-state index in [1.165, 1.54) is 6.08 Å². The monoisotopic (exact) mass is 320 g/mol. The second-order valence-corrected chi connectivity index (χ2v) is 5.82. The number of rotatable bonds is 2. The minimum atomic E-state index is -0.140. The fraction of sp³-hybridized carbons (Fsp3) is 0.158. The van der Waals surface area contributed by atoms with Crippen LogP contribution >= 0.6 is 0 Å². The van der Waals surface area contributed by atoms with E-state index < -0.39 is 0 Å². The molecule has 0 saturated heterocycles. The number of aryl methyl sites for hydroxylation is 2. The van der Waals surface area contributed by atoms with E-state index in [0.29, 0.717) is 5.75 Å². The van der Waals surface area contributed by atoms with E-state index in [4.69, 9.17) is 9.47 Å². The van der Waals surface area contributed by atoms with E-state index in [0.717, 1.165) is 33.5 Å². The van der Waals surface area contributed by atoms with Crippen LogP contribution in [-0.2, 0) is 0 Å². The van der Waals surface area contributed by atoms with Crippen molar-refractivity contribution < 1.29 is 14.3 Å². The van der Waals surface area contributed by atoms with Gasteiger partial charge in [0, 0.05) is 6.08 Å². The third-order valence-corrected chi connectivity index (χ3v) is 4.22. The van der Waals surface area contributed by atoms with Gasteiger partial charge in [0.1, 0.15) is 6.33 Å². The summed E-state index contributed by atoms with van der Waals surface area (Å²) in [4.78, 5) is 16.8. The van der Waals surface area contributed by atoms with Crippen molar-refractivity contribution in [2.75, 3.05) is 6.79 Å². The van der Waals surface area contributed by atoms with Gasteiger partial charge in [-0.1, -0.05) is 6.07 Å². The second-order valence-electron chi connectivity index (χ2n) is 5.82. The van der Waals surface area contributed by atoms with Crippen molar-refractivity contribution in [2.24, 2.45) is 0 Å². The van der Waals surface area contributed by atoms with Gasteiger partial charge in [0.05, 0.1) is 11.0 Å². The zero-order valence-corrected chi connectivity index (χ0v) is 13.4. The van der Waals surface area contributed by atoms with E-state index in [-0.39, 0.29) is 12.7 Å². The SMILES string of the molecule is Cc1cc2ncn(C(=O)C=Cc3ccc4c(c3)OCO4)c2cc1C. The molecule has 3 aromatic rings. The lowest BCUT2D eigenvalue weighted by atomic mass is 10.1. The Labute approximate surface area is 139 Å². The highest BCUT2D eigenvalue weighted by Crippen LogP contribution is 2.32. The van der Waals surface area contributed by atoms with E-state index in [2.05, 4.69) is 4.98 Å². The van der Waals surface area contributed by atoms with Crippen molar-refractivity contribution in [3.8, 4) is 11.5 Å². The van der Waals surface area contributed by atoms with E-state index >= 15 is 0 Å². The molecular weight excluding hydrogens is 304 g/mol. The van der Waals surface area contributed by atoms with E-state index in [1.54, 1.807) is 17.0 Å². The van der Waals surface area contributed by atoms with Gasteiger partial charge in [0.25, 0.3) is 5.91 Å². The topological polar surface area (TPSA) is 53.4 Å². The number of allylic oxidation sites excluding steroid dienone is 1. The van der Waals surface area contributed by atoms with Crippen molar-refractivity contribution >= 4 is 23.0 Å². The van der Waals surface area contributed by atoms with Crippen molar-refractivity contribution in [2.45, 2.75) is 13.8 Å². The Kier molecular flexibility index (Phi) is 3.34. The first-order valence-electron chi connectivity index (χ1n) is 7.68. The number of carbonyl (C=O) groups is 1. The molecule has 0 saturated carbocycles. The van der Waals surface area contributed by atoms with Crippen LogP contribution in [0, 0.1) is 13.8 Å².